The zero-order chi connectivity index (χ0) is 19.7. The number of nitrogens with two attached hydrogens (primary N) is 1. The molecule has 0 aromatic heterocycles. The van der Waals surface area contributed by atoms with Gasteiger partial charge in [0, 0.05) is 19.0 Å². The van der Waals surface area contributed by atoms with Gasteiger partial charge in [-0.05, 0) is 37.1 Å². The normalized spacial score (nSPS) is 24.1. The van der Waals surface area contributed by atoms with Crippen LogP contribution in [0.2, 0.25) is 0 Å². The summed E-state index contributed by atoms with van der Waals surface area (Å²) in [5, 5.41) is 0. The molecular formula is C22H25N3O3. The predicted molar refractivity (Wildman–Crippen MR) is 107 cm³/mol. The quantitative estimate of drug-likeness (QED) is 0.882. The smallest absolute Gasteiger partial charge is 0.268 e. The molecule has 0 spiro atoms. The monoisotopic (exact) mass is 379 g/mol. The van der Waals surface area contributed by atoms with Gasteiger partial charge in [0.2, 0.25) is 5.91 Å². The first-order valence-electron chi connectivity index (χ1n) is 9.68. The largest absolute Gasteiger partial charge is 0.479 e. The maximum Gasteiger partial charge on any atom is 0.268 e. The van der Waals surface area contributed by atoms with Crippen molar-refractivity contribution >= 4 is 17.5 Å². The van der Waals surface area contributed by atoms with E-state index in [0.29, 0.717) is 31.1 Å². The van der Waals surface area contributed by atoms with Crippen molar-refractivity contribution < 1.29 is 14.3 Å². The highest BCUT2D eigenvalue weighted by Gasteiger charge is 2.38. The molecule has 2 N–H and O–H groups in total. The summed E-state index contributed by atoms with van der Waals surface area (Å²) in [6.07, 6.45) is -0.602. The molecule has 0 saturated carbocycles. The van der Waals surface area contributed by atoms with Gasteiger partial charge in [0.25, 0.3) is 5.91 Å². The van der Waals surface area contributed by atoms with E-state index < -0.39 is 6.10 Å². The van der Waals surface area contributed by atoms with Gasteiger partial charge in [-0.3, -0.25) is 14.5 Å². The van der Waals surface area contributed by atoms with Crippen molar-refractivity contribution in [2.24, 2.45) is 11.7 Å². The van der Waals surface area contributed by atoms with Gasteiger partial charge in [-0.15, -0.1) is 0 Å². The summed E-state index contributed by atoms with van der Waals surface area (Å²) in [6.45, 7) is 3.49. The number of carbonyl (C=O) groups is 2. The highest BCUT2D eigenvalue weighted by Crippen LogP contribution is 2.35. The lowest BCUT2D eigenvalue weighted by Gasteiger charge is -2.33. The molecular weight excluding hydrogens is 354 g/mol. The molecule has 2 aliphatic heterocycles. The number of para-hydroxylation sites is 2. The average Bonchev–Trinajstić information content (AvgIpc) is 3.16. The van der Waals surface area contributed by atoms with Gasteiger partial charge in [0.1, 0.15) is 12.3 Å². The maximum atomic E-state index is 13.1. The van der Waals surface area contributed by atoms with Crippen LogP contribution in [0.5, 0.6) is 5.75 Å². The van der Waals surface area contributed by atoms with E-state index >= 15 is 0 Å². The van der Waals surface area contributed by atoms with E-state index in [1.54, 1.807) is 11.8 Å². The summed E-state index contributed by atoms with van der Waals surface area (Å²) < 4.78 is 5.66. The molecule has 0 aliphatic carbocycles. The Bertz CT molecular complexity index is 870. The molecule has 0 bridgehead atoms. The highest BCUT2D eigenvalue weighted by atomic mass is 16.5. The molecule has 2 aromatic rings. The van der Waals surface area contributed by atoms with Gasteiger partial charge < -0.3 is 15.4 Å². The van der Waals surface area contributed by atoms with Crippen LogP contribution in [0.1, 0.15) is 18.4 Å². The number of fused-ring (bicyclic) bond motifs is 1. The Morgan fingerprint density at radius 2 is 1.82 bits per heavy atom. The predicted octanol–water partition coefficient (Wildman–Crippen LogP) is 2.00. The van der Waals surface area contributed by atoms with E-state index in [4.69, 9.17) is 10.5 Å². The number of ether oxygens (including phenoxy) is 1. The van der Waals surface area contributed by atoms with Crippen LogP contribution in [0.3, 0.4) is 0 Å². The Morgan fingerprint density at radius 1 is 1.11 bits per heavy atom. The molecule has 1 fully saturated rings. The second-order valence-electron chi connectivity index (χ2n) is 7.46. The zero-order valence-corrected chi connectivity index (χ0v) is 16.0. The number of likely N-dealkylation sites (tertiary alicyclic amines) is 1. The number of hydrogen-bond donors (Lipinski definition) is 1. The molecule has 1 saturated heterocycles. The molecule has 4 rings (SSSR count). The third-order valence-corrected chi connectivity index (χ3v) is 5.69. The van der Waals surface area contributed by atoms with Gasteiger partial charge >= 0.3 is 0 Å². The molecule has 2 aromatic carbocycles. The Kier molecular flexibility index (Phi) is 5.05. The van der Waals surface area contributed by atoms with E-state index in [1.807, 2.05) is 47.4 Å². The molecule has 6 nitrogen and oxygen atoms in total. The van der Waals surface area contributed by atoms with Crippen LogP contribution in [-0.2, 0) is 9.59 Å². The van der Waals surface area contributed by atoms with Crippen molar-refractivity contribution in [3.8, 4) is 5.75 Å². The maximum absolute atomic E-state index is 13.1. The summed E-state index contributed by atoms with van der Waals surface area (Å²) in [5.41, 5.74) is 7.84. The fraction of sp³-hybridized carbons (Fsp3) is 0.364. The molecule has 1 unspecified atom stereocenters. The van der Waals surface area contributed by atoms with Gasteiger partial charge in [0.05, 0.1) is 5.69 Å². The van der Waals surface area contributed by atoms with Gasteiger partial charge in [0.15, 0.2) is 6.10 Å². The third-order valence-electron chi connectivity index (χ3n) is 5.69. The van der Waals surface area contributed by atoms with Crippen LogP contribution in [0, 0.1) is 5.92 Å². The number of anilines is 1. The van der Waals surface area contributed by atoms with E-state index in [-0.39, 0.29) is 30.2 Å². The lowest BCUT2D eigenvalue weighted by molar-refractivity contribution is -0.132. The topological polar surface area (TPSA) is 75.9 Å². The number of amides is 2. The minimum atomic E-state index is -0.602. The van der Waals surface area contributed by atoms with E-state index in [2.05, 4.69) is 12.1 Å². The van der Waals surface area contributed by atoms with Crippen molar-refractivity contribution in [1.82, 2.24) is 4.90 Å². The standard InChI is InChI=1S/C22H25N3O3/c1-15-22(27)25(19-9-5-6-10-20(19)28-15)14-21(26)24-12-17(11-23)18(13-24)16-7-3-2-4-8-16/h2-10,15,17-18H,11-14,23H2,1H3/t15?,17-,18+/m1/s1. The number of nitrogens with zero attached hydrogens (tertiary/aromatic N) is 2. The lowest BCUT2D eigenvalue weighted by Crippen LogP contribution is -2.49. The van der Waals surface area contributed by atoms with Crippen LogP contribution in [-0.4, -0.2) is 49.0 Å². The highest BCUT2D eigenvalue weighted by molar-refractivity contribution is 6.03. The average molecular weight is 379 g/mol. The molecule has 2 amide bonds. The van der Waals surface area contributed by atoms with E-state index in [0.717, 1.165) is 0 Å². The summed E-state index contributed by atoms with van der Waals surface area (Å²) >= 11 is 0. The molecule has 146 valence electrons. The van der Waals surface area contributed by atoms with Crippen LogP contribution in [0.15, 0.2) is 54.6 Å². The first-order valence-corrected chi connectivity index (χ1v) is 9.68. The molecule has 6 heteroatoms. The minimum absolute atomic E-state index is 0.0162. The van der Waals surface area contributed by atoms with Crippen molar-refractivity contribution in [3.05, 3.63) is 60.2 Å². The number of benzene rings is 2. The summed E-state index contributed by atoms with van der Waals surface area (Å²) in [6, 6.07) is 17.5. The van der Waals surface area contributed by atoms with Crippen LogP contribution < -0.4 is 15.4 Å². The molecule has 3 atom stereocenters. The molecule has 2 heterocycles. The van der Waals surface area contributed by atoms with Crippen molar-refractivity contribution in [2.75, 3.05) is 31.1 Å². The number of carbonyl (C=O) groups excluding carboxylic acids is 2. The Labute approximate surface area is 164 Å². The second-order valence-corrected chi connectivity index (χ2v) is 7.46. The van der Waals surface area contributed by atoms with Gasteiger partial charge in [-0.2, -0.15) is 0 Å². The van der Waals surface area contributed by atoms with Gasteiger partial charge in [-0.1, -0.05) is 42.5 Å². The van der Waals surface area contributed by atoms with Gasteiger partial charge in [-0.25, -0.2) is 0 Å². The minimum Gasteiger partial charge on any atom is -0.479 e. The van der Waals surface area contributed by atoms with E-state index in [1.165, 1.54) is 5.56 Å². The first-order chi connectivity index (χ1) is 13.6. The zero-order valence-electron chi connectivity index (χ0n) is 16.0. The summed E-state index contributed by atoms with van der Waals surface area (Å²) in [4.78, 5) is 29.1. The van der Waals surface area contributed by atoms with Crippen molar-refractivity contribution in [3.63, 3.8) is 0 Å². The fourth-order valence-electron chi connectivity index (χ4n) is 4.15. The van der Waals surface area contributed by atoms with Crippen molar-refractivity contribution in [2.45, 2.75) is 18.9 Å². The Hall–Kier alpha value is -2.86. The summed E-state index contributed by atoms with van der Waals surface area (Å²) in [7, 11) is 0. The molecule has 28 heavy (non-hydrogen) atoms. The fourth-order valence-corrected chi connectivity index (χ4v) is 4.15. The first kappa shape index (κ1) is 18.5. The van der Waals surface area contributed by atoms with Crippen molar-refractivity contribution in [1.29, 1.82) is 0 Å². The third kappa shape index (κ3) is 3.36. The second kappa shape index (κ2) is 7.64. The number of hydrogen-bond acceptors (Lipinski definition) is 4. The Morgan fingerprint density at radius 3 is 2.57 bits per heavy atom. The number of rotatable bonds is 4. The van der Waals surface area contributed by atoms with Crippen LogP contribution >= 0.6 is 0 Å². The SMILES string of the molecule is CC1Oc2ccccc2N(CC(=O)N2C[C@@H](CN)[C@H](c3ccccc3)C2)C1=O. The Balaban J connectivity index is 1.52. The van der Waals surface area contributed by atoms with Crippen LogP contribution in [0.25, 0.3) is 0 Å². The van der Waals surface area contributed by atoms with Crippen LogP contribution in [0.4, 0.5) is 5.69 Å². The molecule has 0 radical (unpaired) electrons. The lowest BCUT2D eigenvalue weighted by atomic mass is 9.89. The molecule has 2 aliphatic rings. The van der Waals surface area contributed by atoms with E-state index in [9.17, 15) is 9.59 Å². The summed E-state index contributed by atoms with van der Waals surface area (Å²) in [5.74, 6) is 0.820.